The van der Waals surface area contributed by atoms with E-state index in [-0.39, 0.29) is 5.76 Å². The van der Waals surface area contributed by atoms with Crippen LogP contribution in [0.4, 0.5) is 0 Å². The molecular weight excluding hydrogens is 252 g/mol. The van der Waals surface area contributed by atoms with E-state index < -0.39 is 0 Å². The van der Waals surface area contributed by atoms with Crippen LogP contribution in [0.3, 0.4) is 0 Å². The average molecular weight is 274 g/mol. The Morgan fingerprint density at radius 2 is 2.20 bits per heavy atom. The summed E-state index contributed by atoms with van der Waals surface area (Å²) in [6, 6.07) is 6.45. The van der Waals surface area contributed by atoms with E-state index >= 15 is 0 Å². The van der Waals surface area contributed by atoms with Gasteiger partial charge in [-0.3, -0.25) is 4.57 Å². The fourth-order valence-electron chi connectivity index (χ4n) is 3.64. The molecule has 3 unspecified atom stereocenters. The lowest BCUT2D eigenvalue weighted by molar-refractivity contribution is 0.315. The van der Waals surface area contributed by atoms with Crippen molar-refractivity contribution >= 4 is 11.1 Å². The molecule has 20 heavy (non-hydrogen) atoms. The SMILES string of the molecule is CNC(c1ccc2c(c1)oc(=O)n2C)C1CCCC1C. The van der Waals surface area contributed by atoms with Crippen molar-refractivity contribution in [2.45, 2.75) is 32.2 Å². The van der Waals surface area contributed by atoms with Gasteiger partial charge in [0.25, 0.3) is 0 Å². The summed E-state index contributed by atoms with van der Waals surface area (Å²) in [7, 11) is 3.75. The first-order valence-electron chi connectivity index (χ1n) is 7.38. The molecule has 0 bridgehead atoms. The zero-order valence-corrected chi connectivity index (χ0v) is 12.3. The molecule has 108 valence electrons. The van der Waals surface area contributed by atoms with E-state index in [0.29, 0.717) is 17.5 Å². The maximum absolute atomic E-state index is 11.6. The maximum Gasteiger partial charge on any atom is 0.419 e. The van der Waals surface area contributed by atoms with Crippen LogP contribution in [0.1, 0.15) is 37.8 Å². The summed E-state index contributed by atoms with van der Waals surface area (Å²) < 4.78 is 6.85. The number of hydrogen-bond acceptors (Lipinski definition) is 3. The van der Waals surface area contributed by atoms with Gasteiger partial charge in [0.05, 0.1) is 5.52 Å². The Bertz CT molecular complexity index is 671. The minimum Gasteiger partial charge on any atom is -0.408 e. The van der Waals surface area contributed by atoms with Crippen LogP contribution in [0.2, 0.25) is 0 Å². The number of nitrogens with zero attached hydrogens (tertiary/aromatic N) is 1. The fraction of sp³-hybridized carbons (Fsp3) is 0.562. The topological polar surface area (TPSA) is 47.2 Å². The van der Waals surface area contributed by atoms with E-state index in [1.165, 1.54) is 24.8 Å². The zero-order chi connectivity index (χ0) is 14.3. The van der Waals surface area contributed by atoms with E-state index in [9.17, 15) is 4.79 Å². The summed E-state index contributed by atoms with van der Waals surface area (Å²) in [4.78, 5) is 11.6. The average Bonchev–Trinajstić information content (AvgIpc) is 2.96. The number of oxazole rings is 1. The van der Waals surface area contributed by atoms with Gasteiger partial charge in [0.2, 0.25) is 0 Å². The van der Waals surface area contributed by atoms with Gasteiger partial charge in [0.1, 0.15) is 0 Å². The van der Waals surface area contributed by atoms with E-state index in [4.69, 9.17) is 4.42 Å². The highest BCUT2D eigenvalue weighted by Crippen LogP contribution is 2.40. The van der Waals surface area contributed by atoms with Crippen molar-refractivity contribution in [2.75, 3.05) is 7.05 Å². The van der Waals surface area contributed by atoms with Crippen LogP contribution >= 0.6 is 0 Å². The summed E-state index contributed by atoms with van der Waals surface area (Å²) in [5, 5.41) is 3.45. The predicted octanol–water partition coefficient (Wildman–Crippen LogP) is 2.83. The molecule has 1 aliphatic rings. The predicted molar refractivity (Wildman–Crippen MR) is 79.8 cm³/mol. The maximum atomic E-state index is 11.6. The number of fused-ring (bicyclic) bond motifs is 1. The highest BCUT2D eigenvalue weighted by Gasteiger charge is 2.31. The minimum absolute atomic E-state index is 0.299. The monoisotopic (exact) mass is 274 g/mol. The third kappa shape index (κ3) is 2.08. The number of nitrogens with one attached hydrogen (secondary N) is 1. The number of rotatable bonds is 3. The second kappa shape index (κ2) is 5.09. The minimum atomic E-state index is -0.299. The Hall–Kier alpha value is -1.55. The van der Waals surface area contributed by atoms with Crippen LogP contribution in [0.15, 0.2) is 27.4 Å². The lowest BCUT2D eigenvalue weighted by atomic mass is 9.86. The first-order valence-corrected chi connectivity index (χ1v) is 7.38. The van der Waals surface area contributed by atoms with E-state index in [2.05, 4.69) is 18.3 Å². The summed E-state index contributed by atoms with van der Waals surface area (Å²) in [6.07, 6.45) is 3.89. The highest BCUT2D eigenvalue weighted by atomic mass is 16.4. The van der Waals surface area contributed by atoms with Crippen molar-refractivity contribution in [3.05, 3.63) is 34.3 Å². The van der Waals surface area contributed by atoms with Crippen molar-refractivity contribution in [3.8, 4) is 0 Å². The normalized spacial score (nSPS) is 24.4. The van der Waals surface area contributed by atoms with Crippen LogP contribution in [0.5, 0.6) is 0 Å². The Labute approximate surface area is 118 Å². The molecule has 1 aromatic carbocycles. The standard InChI is InChI=1S/C16H22N2O2/c1-10-5-4-6-12(10)15(17-2)11-7-8-13-14(9-11)20-16(19)18(13)3/h7-10,12,15,17H,4-6H2,1-3H3. The van der Waals surface area contributed by atoms with E-state index in [0.717, 1.165) is 11.4 Å². The molecule has 0 saturated heterocycles. The molecule has 0 radical (unpaired) electrons. The van der Waals surface area contributed by atoms with Gasteiger partial charge < -0.3 is 9.73 Å². The molecule has 1 N–H and O–H groups in total. The molecule has 4 nitrogen and oxygen atoms in total. The molecule has 1 fully saturated rings. The van der Waals surface area contributed by atoms with Crippen molar-refractivity contribution in [1.29, 1.82) is 0 Å². The number of benzene rings is 1. The van der Waals surface area contributed by atoms with E-state index in [1.807, 2.05) is 19.2 Å². The van der Waals surface area contributed by atoms with Gasteiger partial charge in [-0.25, -0.2) is 4.79 Å². The molecule has 3 atom stereocenters. The zero-order valence-electron chi connectivity index (χ0n) is 12.3. The van der Waals surface area contributed by atoms with Crippen LogP contribution in [0, 0.1) is 11.8 Å². The van der Waals surface area contributed by atoms with Crippen molar-refractivity contribution < 1.29 is 4.42 Å². The first kappa shape index (κ1) is 13.4. The molecule has 0 aliphatic heterocycles. The van der Waals surface area contributed by atoms with Crippen molar-refractivity contribution in [3.63, 3.8) is 0 Å². The smallest absolute Gasteiger partial charge is 0.408 e. The number of aromatic nitrogens is 1. The Balaban J connectivity index is 2.01. The molecule has 1 heterocycles. The summed E-state index contributed by atoms with van der Waals surface area (Å²) in [6.45, 7) is 2.34. The quantitative estimate of drug-likeness (QED) is 0.936. The summed E-state index contributed by atoms with van der Waals surface area (Å²) in [5.41, 5.74) is 2.75. The lowest BCUT2D eigenvalue weighted by Gasteiger charge is -2.27. The summed E-state index contributed by atoms with van der Waals surface area (Å²) >= 11 is 0. The second-order valence-corrected chi connectivity index (χ2v) is 5.99. The molecule has 3 rings (SSSR count). The van der Waals surface area contributed by atoms with Gasteiger partial charge in [0, 0.05) is 13.1 Å². The number of aryl methyl sites for hydroxylation is 1. The highest BCUT2D eigenvalue weighted by molar-refractivity contribution is 5.73. The molecule has 1 aromatic heterocycles. The molecule has 1 aliphatic carbocycles. The second-order valence-electron chi connectivity index (χ2n) is 5.99. The van der Waals surface area contributed by atoms with Gasteiger partial charge in [-0.1, -0.05) is 25.8 Å². The first-order chi connectivity index (χ1) is 9.61. The number of hydrogen-bond donors (Lipinski definition) is 1. The van der Waals surface area contributed by atoms with Gasteiger partial charge in [0.15, 0.2) is 5.58 Å². The van der Waals surface area contributed by atoms with Crippen LogP contribution in [-0.2, 0) is 7.05 Å². The fourth-order valence-corrected chi connectivity index (χ4v) is 3.64. The van der Waals surface area contributed by atoms with Crippen LogP contribution < -0.4 is 11.1 Å². The summed E-state index contributed by atoms with van der Waals surface area (Å²) in [5.74, 6) is 1.10. The van der Waals surface area contributed by atoms with Gasteiger partial charge in [-0.05, 0) is 43.0 Å². The molecule has 2 aromatic rings. The van der Waals surface area contributed by atoms with Crippen LogP contribution in [0.25, 0.3) is 11.1 Å². The molecule has 1 saturated carbocycles. The molecule has 0 spiro atoms. The van der Waals surface area contributed by atoms with Gasteiger partial charge in [-0.2, -0.15) is 0 Å². The molecule has 4 heteroatoms. The lowest BCUT2D eigenvalue weighted by Crippen LogP contribution is -2.26. The van der Waals surface area contributed by atoms with Gasteiger partial charge in [-0.15, -0.1) is 0 Å². The van der Waals surface area contributed by atoms with Crippen molar-refractivity contribution in [2.24, 2.45) is 18.9 Å². The Kier molecular flexibility index (Phi) is 3.42. The molecule has 0 amide bonds. The largest absolute Gasteiger partial charge is 0.419 e. The van der Waals surface area contributed by atoms with Crippen molar-refractivity contribution in [1.82, 2.24) is 9.88 Å². The van der Waals surface area contributed by atoms with E-state index in [1.54, 1.807) is 11.6 Å². The van der Waals surface area contributed by atoms with Crippen LogP contribution in [-0.4, -0.2) is 11.6 Å². The third-order valence-corrected chi connectivity index (χ3v) is 4.84. The Morgan fingerprint density at radius 1 is 1.40 bits per heavy atom. The van der Waals surface area contributed by atoms with Gasteiger partial charge >= 0.3 is 5.76 Å². The molecular formula is C16H22N2O2. The Morgan fingerprint density at radius 3 is 2.85 bits per heavy atom. The third-order valence-electron chi connectivity index (χ3n) is 4.84.